The van der Waals surface area contributed by atoms with Gasteiger partial charge in [0.05, 0.1) is 23.3 Å². The van der Waals surface area contributed by atoms with Crippen LogP contribution in [0.5, 0.6) is 0 Å². The highest BCUT2D eigenvalue weighted by Crippen LogP contribution is 2.24. The maximum atomic E-state index is 13.7. The fourth-order valence-corrected chi connectivity index (χ4v) is 2.82. The lowest BCUT2D eigenvalue weighted by Crippen LogP contribution is -2.15. The van der Waals surface area contributed by atoms with Crippen LogP contribution in [0.1, 0.15) is 10.4 Å². The molecule has 122 valence electrons. The molecule has 0 amide bonds. The van der Waals surface area contributed by atoms with Crippen molar-refractivity contribution in [1.29, 1.82) is 0 Å². The number of ether oxygens (including phenoxy) is 1. The molecule has 0 aromatic heterocycles. The van der Waals surface area contributed by atoms with Crippen molar-refractivity contribution in [1.82, 2.24) is 0 Å². The molecule has 0 aliphatic rings. The van der Waals surface area contributed by atoms with E-state index in [1.54, 1.807) is 4.72 Å². The number of nitrogens with one attached hydrogen (secondary N) is 1. The van der Waals surface area contributed by atoms with Gasteiger partial charge >= 0.3 is 5.97 Å². The standard InChI is InChI=1S/C14H10F3NO4S/c1-22-14(19)8-5-11(16)13(17)12(6-8)18-23(20,21)10-4-2-3-9(15)7-10/h2-7,18H,1H3. The number of hydrogen-bond donors (Lipinski definition) is 1. The van der Waals surface area contributed by atoms with Crippen LogP contribution in [0, 0.1) is 17.5 Å². The topological polar surface area (TPSA) is 72.5 Å². The Morgan fingerprint density at radius 1 is 1.13 bits per heavy atom. The van der Waals surface area contributed by atoms with Crippen molar-refractivity contribution in [2.24, 2.45) is 0 Å². The molecule has 1 N–H and O–H groups in total. The molecule has 0 spiro atoms. The van der Waals surface area contributed by atoms with Crippen molar-refractivity contribution in [3.63, 3.8) is 0 Å². The smallest absolute Gasteiger partial charge is 0.338 e. The summed E-state index contributed by atoms with van der Waals surface area (Å²) in [6.07, 6.45) is 0. The van der Waals surface area contributed by atoms with E-state index in [2.05, 4.69) is 4.74 Å². The predicted octanol–water partition coefficient (Wildman–Crippen LogP) is 2.69. The fourth-order valence-electron chi connectivity index (χ4n) is 1.74. The van der Waals surface area contributed by atoms with E-state index in [0.717, 1.165) is 31.4 Å². The number of carbonyl (C=O) groups excluding carboxylic acids is 1. The van der Waals surface area contributed by atoms with Crippen LogP contribution in [0.3, 0.4) is 0 Å². The van der Waals surface area contributed by atoms with Gasteiger partial charge in [0, 0.05) is 0 Å². The average Bonchev–Trinajstić information content (AvgIpc) is 2.50. The van der Waals surface area contributed by atoms with Crippen molar-refractivity contribution in [2.45, 2.75) is 4.90 Å². The molecule has 0 atom stereocenters. The lowest BCUT2D eigenvalue weighted by Gasteiger charge is -2.11. The van der Waals surface area contributed by atoms with E-state index in [-0.39, 0.29) is 5.56 Å². The molecule has 2 aromatic rings. The molecular formula is C14H10F3NO4S. The number of sulfonamides is 1. The summed E-state index contributed by atoms with van der Waals surface area (Å²) < 4.78 is 70.7. The largest absolute Gasteiger partial charge is 0.465 e. The van der Waals surface area contributed by atoms with Crippen molar-refractivity contribution < 1.29 is 31.1 Å². The third kappa shape index (κ3) is 3.62. The normalized spacial score (nSPS) is 11.1. The zero-order valence-corrected chi connectivity index (χ0v) is 12.5. The number of carbonyl (C=O) groups is 1. The Labute approximate surface area is 129 Å². The molecule has 5 nitrogen and oxygen atoms in total. The summed E-state index contributed by atoms with van der Waals surface area (Å²) in [5.41, 5.74) is -1.18. The molecule has 23 heavy (non-hydrogen) atoms. The molecule has 0 fully saturated rings. The van der Waals surface area contributed by atoms with Gasteiger partial charge in [-0.2, -0.15) is 0 Å². The Morgan fingerprint density at radius 2 is 1.83 bits per heavy atom. The number of benzene rings is 2. The number of methoxy groups -OCH3 is 1. The molecule has 0 bridgehead atoms. The summed E-state index contributed by atoms with van der Waals surface area (Å²) in [5, 5.41) is 0. The summed E-state index contributed by atoms with van der Waals surface area (Å²) in [6.45, 7) is 0. The van der Waals surface area contributed by atoms with Crippen LogP contribution < -0.4 is 4.72 Å². The SMILES string of the molecule is COC(=O)c1cc(F)c(F)c(NS(=O)(=O)c2cccc(F)c2)c1. The highest BCUT2D eigenvalue weighted by atomic mass is 32.2. The van der Waals surface area contributed by atoms with Crippen LogP contribution in [0.2, 0.25) is 0 Å². The molecule has 2 rings (SSSR count). The molecule has 0 unspecified atom stereocenters. The third-order valence-corrected chi connectivity index (χ3v) is 4.16. The number of rotatable bonds is 4. The van der Waals surface area contributed by atoms with E-state index in [0.29, 0.717) is 12.1 Å². The van der Waals surface area contributed by atoms with Gasteiger partial charge in [0.15, 0.2) is 11.6 Å². The summed E-state index contributed by atoms with van der Waals surface area (Å²) in [7, 11) is -3.35. The van der Waals surface area contributed by atoms with Crippen molar-refractivity contribution >= 4 is 21.7 Å². The molecule has 0 aliphatic heterocycles. The van der Waals surface area contributed by atoms with Gasteiger partial charge in [-0.05, 0) is 30.3 Å². The van der Waals surface area contributed by atoms with E-state index in [4.69, 9.17) is 0 Å². The maximum absolute atomic E-state index is 13.7. The Hall–Kier alpha value is -2.55. The average molecular weight is 345 g/mol. The lowest BCUT2D eigenvalue weighted by atomic mass is 10.2. The molecule has 0 heterocycles. The minimum atomic E-state index is -4.37. The van der Waals surface area contributed by atoms with Gasteiger partial charge in [-0.3, -0.25) is 4.72 Å². The Morgan fingerprint density at radius 3 is 2.43 bits per heavy atom. The zero-order valence-electron chi connectivity index (χ0n) is 11.6. The van der Waals surface area contributed by atoms with Crippen molar-refractivity contribution in [3.05, 3.63) is 59.4 Å². The minimum absolute atomic E-state index is 0.386. The van der Waals surface area contributed by atoms with Gasteiger partial charge in [0.2, 0.25) is 0 Å². The fraction of sp³-hybridized carbons (Fsp3) is 0.0714. The Balaban J connectivity index is 2.47. The van der Waals surface area contributed by atoms with Crippen molar-refractivity contribution in [2.75, 3.05) is 11.8 Å². The number of esters is 1. The molecular weight excluding hydrogens is 335 g/mol. The third-order valence-electron chi connectivity index (χ3n) is 2.80. The number of hydrogen-bond acceptors (Lipinski definition) is 4. The first kappa shape index (κ1) is 16.8. The number of halogens is 3. The van der Waals surface area contributed by atoms with Gasteiger partial charge in [-0.1, -0.05) is 6.07 Å². The molecule has 0 radical (unpaired) electrons. The number of anilines is 1. The lowest BCUT2D eigenvalue weighted by molar-refractivity contribution is 0.0600. The molecule has 0 saturated carbocycles. The zero-order chi connectivity index (χ0) is 17.2. The van der Waals surface area contributed by atoms with E-state index in [1.165, 1.54) is 0 Å². The van der Waals surface area contributed by atoms with Gasteiger partial charge in [0.1, 0.15) is 5.82 Å². The summed E-state index contributed by atoms with van der Waals surface area (Å²) in [5.74, 6) is -4.74. The minimum Gasteiger partial charge on any atom is -0.465 e. The first-order valence-corrected chi connectivity index (χ1v) is 7.58. The van der Waals surface area contributed by atoms with Gasteiger partial charge in [0.25, 0.3) is 10.0 Å². The van der Waals surface area contributed by atoms with Crippen LogP contribution in [-0.2, 0) is 14.8 Å². The van der Waals surface area contributed by atoms with Crippen LogP contribution in [0.15, 0.2) is 41.3 Å². The van der Waals surface area contributed by atoms with Gasteiger partial charge < -0.3 is 4.74 Å². The van der Waals surface area contributed by atoms with Crippen molar-refractivity contribution in [3.8, 4) is 0 Å². The monoisotopic (exact) mass is 345 g/mol. The van der Waals surface area contributed by atoms with Gasteiger partial charge in [-0.25, -0.2) is 26.4 Å². The first-order valence-electron chi connectivity index (χ1n) is 6.10. The summed E-state index contributed by atoms with van der Waals surface area (Å²) in [6, 6.07) is 5.30. The quantitative estimate of drug-likeness (QED) is 0.865. The summed E-state index contributed by atoms with van der Waals surface area (Å²) >= 11 is 0. The molecule has 2 aromatic carbocycles. The van der Waals surface area contributed by atoms with Crippen LogP contribution in [-0.4, -0.2) is 21.5 Å². The summed E-state index contributed by atoms with van der Waals surface area (Å²) in [4.78, 5) is 10.9. The van der Waals surface area contributed by atoms with E-state index >= 15 is 0 Å². The van der Waals surface area contributed by atoms with E-state index in [9.17, 15) is 26.4 Å². The second kappa shape index (κ2) is 6.29. The highest BCUT2D eigenvalue weighted by molar-refractivity contribution is 7.92. The maximum Gasteiger partial charge on any atom is 0.338 e. The van der Waals surface area contributed by atoms with Crippen LogP contribution in [0.4, 0.5) is 18.9 Å². The predicted molar refractivity (Wildman–Crippen MR) is 74.9 cm³/mol. The molecule has 0 aliphatic carbocycles. The Kier molecular flexibility index (Phi) is 4.60. The molecule has 0 saturated heterocycles. The van der Waals surface area contributed by atoms with E-state index < -0.39 is 44.0 Å². The highest BCUT2D eigenvalue weighted by Gasteiger charge is 2.21. The van der Waals surface area contributed by atoms with Crippen LogP contribution in [0.25, 0.3) is 0 Å². The van der Waals surface area contributed by atoms with E-state index in [1.807, 2.05) is 0 Å². The molecule has 9 heteroatoms. The van der Waals surface area contributed by atoms with Crippen LogP contribution >= 0.6 is 0 Å². The first-order chi connectivity index (χ1) is 10.7. The second-order valence-corrected chi connectivity index (χ2v) is 6.06. The Bertz CT molecular complexity index is 868. The second-order valence-electron chi connectivity index (χ2n) is 4.37. The van der Waals surface area contributed by atoms with Gasteiger partial charge in [-0.15, -0.1) is 0 Å².